The summed E-state index contributed by atoms with van der Waals surface area (Å²) in [4.78, 5) is 11.7. The van der Waals surface area contributed by atoms with Gasteiger partial charge in [0.1, 0.15) is 13.1 Å². The van der Waals surface area contributed by atoms with E-state index in [4.69, 9.17) is 4.74 Å². The van der Waals surface area contributed by atoms with E-state index < -0.39 is 5.97 Å². The molecule has 1 aliphatic heterocycles. The summed E-state index contributed by atoms with van der Waals surface area (Å²) in [7, 11) is 0. The Kier molecular flexibility index (Phi) is 3.49. The molecule has 0 aliphatic carbocycles. The third-order valence-electron chi connectivity index (χ3n) is 2.20. The molecular weight excluding hydrogens is 158 g/mol. The predicted molar refractivity (Wildman–Crippen MR) is 40.6 cm³/mol. The number of carboxylic acid groups (broad SMARTS) is 1. The van der Waals surface area contributed by atoms with Gasteiger partial charge in [-0.05, 0) is 0 Å². The first kappa shape index (κ1) is 9.48. The molecule has 1 atom stereocenters. The Hall–Kier alpha value is -0.610. The van der Waals surface area contributed by atoms with Gasteiger partial charge in [-0.2, -0.15) is 0 Å². The first-order chi connectivity index (χ1) is 5.70. The molecule has 0 saturated carbocycles. The van der Waals surface area contributed by atoms with Gasteiger partial charge in [0, 0.05) is 11.9 Å². The van der Waals surface area contributed by atoms with Crippen LogP contribution >= 0.6 is 0 Å². The van der Waals surface area contributed by atoms with Crippen LogP contribution < -0.4 is 10.0 Å². The second kappa shape index (κ2) is 4.42. The molecule has 0 aromatic heterocycles. The number of carbonyl (C=O) groups excluding carboxylic acids is 1. The van der Waals surface area contributed by atoms with E-state index >= 15 is 0 Å². The summed E-state index contributed by atoms with van der Waals surface area (Å²) in [5.74, 6) is -1.30. The molecule has 12 heavy (non-hydrogen) atoms. The van der Waals surface area contributed by atoms with E-state index in [0.29, 0.717) is 6.54 Å². The molecule has 1 fully saturated rings. The smallest absolute Gasteiger partial charge is 0.101 e. The number of rotatable bonds is 3. The lowest BCUT2D eigenvalue weighted by Gasteiger charge is -2.26. The molecule has 4 nitrogen and oxygen atoms in total. The van der Waals surface area contributed by atoms with Crippen molar-refractivity contribution in [2.24, 2.45) is 5.92 Å². The van der Waals surface area contributed by atoms with E-state index in [1.165, 1.54) is 4.90 Å². The largest absolute Gasteiger partial charge is 0.550 e. The van der Waals surface area contributed by atoms with Crippen LogP contribution in [0, 0.1) is 5.92 Å². The van der Waals surface area contributed by atoms with E-state index in [1.807, 2.05) is 0 Å². The fraction of sp³-hybridized carbons (Fsp3) is 0.875. The maximum atomic E-state index is 10.4. The minimum Gasteiger partial charge on any atom is -0.550 e. The third kappa shape index (κ3) is 2.79. The molecule has 1 heterocycles. The van der Waals surface area contributed by atoms with Crippen molar-refractivity contribution in [2.75, 3.05) is 32.8 Å². The summed E-state index contributed by atoms with van der Waals surface area (Å²) >= 11 is 0. The van der Waals surface area contributed by atoms with Crippen LogP contribution in [0.5, 0.6) is 0 Å². The Balaban J connectivity index is 2.24. The molecule has 70 valence electrons. The van der Waals surface area contributed by atoms with Crippen LogP contribution in [0.4, 0.5) is 0 Å². The molecule has 1 aliphatic rings. The SMILES string of the molecule is C[C@@H](C[NH+]1CCOCC1)C(=O)[O-]. The molecule has 1 N–H and O–H groups in total. The Bertz CT molecular complexity index is 154. The van der Waals surface area contributed by atoms with E-state index in [0.717, 1.165) is 26.3 Å². The van der Waals surface area contributed by atoms with Crippen molar-refractivity contribution in [1.29, 1.82) is 0 Å². The van der Waals surface area contributed by atoms with Gasteiger partial charge >= 0.3 is 0 Å². The highest BCUT2D eigenvalue weighted by Gasteiger charge is 2.17. The van der Waals surface area contributed by atoms with Gasteiger partial charge in [-0.25, -0.2) is 0 Å². The van der Waals surface area contributed by atoms with Gasteiger partial charge in [-0.15, -0.1) is 0 Å². The summed E-state index contributed by atoms with van der Waals surface area (Å²) in [6.07, 6.45) is 0. The minimum absolute atomic E-state index is 0.349. The Labute approximate surface area is 72.1 Å². The van der Waals surface area contributed by atoms with Crippen LogP contribution in [0.3, 0.4) is 0 Å². The van der Waals surface area contributed by atoms with Crippen molar-refractivity contribution >= 4 is 5.97 Å². The number of hydrogen-bond acceptors (Lipinski definition) is 3. The average Bonchev–Trinajstić information content (AvgIpc) is 2.06. The lowest BCUT2D eigenvalue weighted by molar-refractivity contribution is -0.910. The number of hydrogen-bond donors (Lipinski definition) is 1. The van der Waals surface area contributed by atoms with E-state index in [-0.39, 0.29) is 5.92 Å². The fourth-order valence-corrected chi connectivity index (χ4v) is 1.38. The van der Waals surface area contributed by atoms with Crippen molar-refractivity contribution in [3.05, 3.63) is 0 Å². The molecule has 0 amide bonds. The molecule has 0 aromatic carbocycles. The number of carboxylic acids is 1. The molecule has 4 heteroatoms. The molecular formula is C8H15NO3. The number of morpholine rings is 1. The van der Waals surface area contributed by atoms with Crippen LogP contribution in [-0.4, -0.2) is 38.8 Å². The fourth-order valence-electron chi connectivity index (χ4n) is 1.38. The number of carbonyl (C=O) groups is 1. The monoisotopic (exact) mass is 173 g/mol. The molecule has 1 saturated heterocycles. The highest BCUT2D eigenvalue weighted by atomic mass is 16.5. The van der Waals surface area contributed by atoms with E-state index in [9.17, 15) is 9.90 Å². The normalized spacial score (nSPS) is 22.1. The maximum absolute atomic E-state index is 10.4. The van der Waals surface area contributed by atoms with Crippen molar-refractivity contribution in [3.8, 4) is 0 Å². The van der Waals surface area contributed by atoms with E-state index in [1.54, 1.807) is 6.92 Å². The number of ether oxygens (including phenoxy) is 1. The summed E-state index contributed by atoms with van der Waals surface area (Å²) in [6.45, 7) is 5.67. The van der Waals surface area contributed by atoms with Crippen LogP contribution in [0.25, 0.3) is 0 Å². The van der Waals surface area contributed by atoms with Crippen molar-refractivity contribution in [2.45, 2.75) is 6.92 Å². The second-order valence-electron chi connectivity index (χ2n) is 3.29. The number of quaternary nitrogens is 1. The Morgan fingerprint density at radius 3 is 2.67 bits per heavy atom. The average molecular weight is 173 g/mol. The summed E-state index contributed by atoms with van der Waals surface area (Å²) in [5, 5.41) is 10.4. The van der Waals surface area contributed by atoms with E-state index in [2.05, 4.69) is 0 Å². The summed E-state index contributed by atoms with van der Waals surface area (Å²) < 4.78 is 5.16. The lowest BCUT2D eigenvalue weighted by Crippen LogP contribution is -3.14. The first-order valence-corrected chi connectivity index (χ1v) is 4.32. The zero-order valence-electron chi connectivity index (χ0n) is 7.34. The molecule has 0 bridgehead atoms. The quantitative estimate of drug-likeness (QED) is 0.505. The van der Waals surface area contributed by atoms with Gasteiger partial charge in [0.05, 0.1) is 19.8 Å². The molecule has 1 rings (SSSR count). The third-order valence-corrected chi connectivity index (χ3v) is 2.20. The highest BCUT2D eigenvalue weighted by Crippen LogP contribution is 1.87. The maximum Gasteiger partial charge on any atom is 0.101 e. The van der Waals surface area contributed by atoms with Crippen LogP contribution in [0.15, 0.2) is 0 Å². The molecule has 0 spiro atoms. The van der Waals surface area contributed by atoms with Gasteiger partial charge in [0.15, 0.2) is 0 Å². The van der Waals surface area contributed by atoms with Gasteiger partial charge in [0.2, 0.25) is 0 Å². The standard InChI is InChI=1S/C8H15NO3/c1-7(8(10)11)6-9-2-4-12-5-3-9/h7H,2-6H2,1H3,(H,10,11)/t7-/m0/s1. The van der Waals surface area contributed by atoms with Gasteiger partial charge in [0.25, 0.3) is 0 Å². The number of aliphatic carboxylic acids is 1. The van der Waals surface area contributed by atoms with Crippen molar-refractivity contribution in [3.63, 3.8) is 0 Å². The molecule has 0 unspecified atom stereocenters. The first-order valence-electron chi connectivity index (χ1n) is 4.32. The van der Waals surface area contributed by atoms with Crippen LogP contribution in [-0.2, 0) is 9.53 Å². The zero-order valence-corrected chi connectivity index (χ0v) is 7.34. The van der Waals surface area contributed by atoms with Gasteiger partial charge in [-0.1, -0.05) is 6.92 Å². The van der Waals surface area contributed by atoms with Crippen LogP contribution in [0.1, 0.15) is 6.92 Å². The van der Waals surface area contributed by atoms with Crippen LogP contribution in [0.2, 0.25) is 0 Å². The summed E-state index contributed by atoms with van der Waals surface area (Å²) in [5.41, 5.74) is 0. The predicted octanol–water partition coefficient (Wildman–Crippen LogP) is -2.71. The molecule has 0 aromatic rings. The number of nitrogens with one attached hydrogen (secondary N) is 1. The molecule has 0 radical (unpaired) electrons. The van der Waals surface area contributed by atoms with Gasteiger partial charge in [-0.3, -0.25) is 0 Å². The van der Waals surface area contributed by atoms with Gasteiger partial charge < -0.3 is 19.5 Å². The minimum atomic E-state index is -0.950. The second-order valence-corrected chi connectivity index (χ2v) is 3.29. The highest BCUT2D eigenvalue weighted by molar-refractivity contribution is 5.67. The summed E-state index contributed by atoms with van der Waals surface area (Å²) in [6, 6.07) is 0. The lowest BCUT2D eigenvalue weighted by atomic mass is 10.1. The van der Waals surface area contributed by atoms with Crippen molar-refractivity contribution in [1.82, 2.24) is 0 Å². The van der Waals surface area contributed by atoms with Crippen molar-refractivity contribution < 1.29 is 19.5 Å². The topological polar surface area (TPSA) is 53.8 Å². The zero-order chi connectivity index (χ0) is 8.97. The Morgan fingerprint density at radius 1 is 1.58 bits per heavy atom. The Morgan fingerprint density at radius 2 is 2.17 bits per heavy atom.